The smallest absolute Gasteiger partial charge is 0.267 e. The normalized spacial score (nSPS) is 23.4. The van der Waals surface area contributed by atoms with E-state index in [0.29, 0.717) is 69.0 Å². The fourth-order valence-electron chi connectivity index (χ4n) is 3.56. The Hall–Kier alpha value is -1.80. The first kappa shape index (κ1) is 16.7. The van der Waals surface area contributed by atoms with Gasteiger partial charge < -0.3 is 24.0 Å². The summed E-state index contributed by atoms with van der Waals surface area (Å²) in [4.78, 5) is 29.9. The van der Waals surface area contributed by atoms with Crippen LogP contribution in [0.1, 0.15) is 22.5 Å². The molecule has 1 aromatic rings. The third kappa shape index (κ3) is 3.32. The van der Waals surface area contributed by atoms with Gasteiger partial charge in [0.25, 0.3) is 5.91 Å². The maximum absolute atomic E-state index is 12.9. The molecule has 1 atom stereocenters. The Balaban J connectivity index is 1.44. The summed E-state index contributed by atoms with van der Waals surface area (Å²) in [6.45, 7) is 4.61. The Bertz CT molecular complexity index is 655. The molecule has 0 aromatic carbocycles. The van der Waals surface area contributed by atoms with Gasteiger partial charge in [-0.25, -0.2) is 0 Å². The number of morpholine rings is 1. The molecule has 8 heteroatoms. The number of piperidine rings is 1. The molecular weight excluding hydrogens is 344 g/mol. The van der Waals surface area contributed by atoms with Gasteiger partial charge in [0.05, 0.1) is 19.1 Å². The highest BCUT2D eigenvalue weighted by Gasteiger charge is 2.34. The molecule has 2 amide bonds. The van der Waals surface area contributed by atoms with Gasteiger partial charge in [-0.15, -0.1) is 11.3 Å². The van der Waals surface area contributed by atoms with Crippen molar-refractivity contribution >= 4 is 23.2 Å². The number of rotatable bonds is 2. The summed E-state index contributed by atoms with van der Waals surface area (Å²) in [6, 6.07) is 0. The highest BCUT2D eigenvalue weighted by Crippen LogP contribution is 2.40. The summed E-state index contributed by atoms with van der Waals surface area (Å²) in [5.74, 6) is 1.18. The van der Waals surface area contributed by atoms with Crippen LogP contribution in [0.2, 0.25) is 0 Å². The molecule has 4 heterocycles. The zero-order valence-corrected chi connectivity index (χ0v) is 14.9. The molecule has 25 heavy (non-hydrogen) atoms. The molecule has 7 nitrogen and oxygen atoms in total. The number of hydrogen-bond acceptors (Lipinski definition) is 6. The quantitative estimate of drug-likeness (QED) is 0.788. The van der Waals surface area contributed by atoms with E-state index in [2.05, 4.69) is 0 Å². The van der Waals surface area contributed by atoms with Crippen LogP contribution < -0.4 is 9.47 Å². The fourth-order valence-corrected chi connectivity index (χ4v) is 4.46. The maximum atomic E-state index is 12.9. The van der Waals surface area contributed by atoms with Crippen LogP contribution in [0.15, 0.2) is 5.38 Å². The lowest BCUT2D eigenvalue weighted by Crippen LogP contribution is -2.49. The molecule has 2 saturated heterocycles. The van der Waals surface area contributed by atoms with Gasteiger partial charge in [-0.1, -0.05) is 0 Å². The molecule has 0 N–H and O–H groups in total. The van der Waals surface area contributed by atoms with Crippen molar-refractivity contribution in [2.24, 2.45) is 5.92 Å². The Morgan fingerprint density at radius 2 is 1.84 bits per heavy atom. The van der Waals surface area contributed by atoms with Crippen LogP contribution in [0.5, 0.6) is 11.5 Å². The molecule has 1 unspecified atom stereocenters. The number of amides is 2. The van der Waals surface area contributed by atoms with E-state index < -0.39 is 0 Å². The molecule has 136 valence electrons. The molecule has 0 saturated carbocycles. The minimum atomic E-state index is -0.122. The Labute approximate surface area is 150 Å². The second-order valence-corrected chi connectivity index (χ2v) is 7.36. The van der Waals surface area contributed by atoms with Gasteiger partial charge in [0.15, 0.2) is 11.5 Å². The van der Waals surface area contributed by atoms with Crippen LogP contribution in [0, 0.1) is 5.92 Å². The summed E-state index contributed by atoms with van der Waals surface area (Å²) in [6.07, 6.45) is 1.68. The molecule has 2 fully saturated rings. The van der Waals surface area contributed by atoms with E-state index in [1.54, 1.807) is 4.90 Å². The molecule has 0 bridgehead atoms. The summed E-state index contributed by atoms with van der Waals surface area (Å²) in [7, 11) is 0. The van der Waals surface area contributed by atoms with E-state index in [1.807, 2.05) is 10.3 Å². The number of fused-ring (bicyclic) bond motifs is 1. The first-order valence-corrected chi connectivity index (χ1v) is 9.65. The van der Waals surface area contributed by atoms with E-state index in [9.17, 15) is 9.59 Å². The van der Waals surface area contributed by atoms with Crippen molar-refractivity contribution in [3.63, 3.8) is 0 Å². The largest absolute Gasteiger partial charge is 0.485 e. The maximum Gasteiger partial charge on any atom is 0.267 e. The number of carbonyl (C=O) groups excluding carboxylic acids is 2. The van der Waals surface area contributed by atoms with Gasteiger partial charge in [0.1, 0.15) is 18.1 Å². The van der Waals surface area contributed by atoms with Crippen molar-refractivity contribution in [3.05, 3.63) is 10.3 Å². The summed E-state index contributed by atoms with van der Waals surface area (Å²) >= 11 is 1.35. The van der Waals surface area contributed by atoms with Gasteiger partial charge >= 0.3 is 0 Å². The van der Waals surface area contributed by atoms with Crippen LogP contribution in [0.4, 0.5) is 0 Å². The Morgan fingerprint density at radius 3 is 2.68 bits per heavy atom. The number of nitrogens with zero attached hydrogens (tertiary/aromatic N) is 2. The molecule has 0 aliphatic carbocycles. The van der Waals surface area contributed by atoms with Crippen LogP contribution >= 0.6 is 11.3 Å². The standard InChI is InChI=1S/C17H22N2O5S/c20-16(18-4-6-22-7-5-18)12-2-1-3-19(10-12)17(21)15-14-13(11-25-15)23-8-9-24-14/h11-12H,1-10H2. The van der Waals surface area contributed by atoms with Crippen molar-refractivity contribution in [3.8, 4) is 11.5 Å². The average Bonchev–Trinajstić information content (AvgIpc) is 3.12. The van der Waals surface area contributed by atoms with Gasteiger partial charge in [-0.2, -0.15) is 0 Å². The van der Waals surface area contributed by atoms with Crippen molar-refractivity contribution < 1.29 is 23.8 Å². The number of hydrogen-bond donors (Lipinski definition) is 0. The van der Waals surface area contributed by atoms with Crippen LogP contribution in [-0.2, 0) is 9.53 Å². The first-order chi connectivity index (χ1) is 12.2. The van der Waals surface area contributed by atoms with Gasteiger partial charge in [-0.05, 0) is 12.8 Å². The monoisotopic (exact) mass is 366 g/mol. The van der Waals surface area contributed by atoms with E-state index in [0.717, 1.165) is 12.8 Å². The number of ether oxygens (including phenoxy) is 3. The predicted octanol–water partition coefficient (Wildman–Crippen LogP) is 1.23. The minimum absolute atomic E-state index is 0.0590. The predicted molar refractivity (Wildman–Crippen MR) is 91.3 cm³/mol. The molecule has 3 aliphatic rings. The topological polar surface area (TPSA) is 68.3 Å². The summed E-state index contributed by atoms with van der Waals surface area (Å²) < 4.78 is 16.5. The molecule has 1 aromatic heterocycles. The van der Waals surface area contributed by atoms with Crippen molar-refractivity contribution in [2.75, 3.05) is 52.6 Å². The third-order valence-electron chi connectivity index (χ3n) is 4.88. The van der Waals surface area contributed by atoms with E-state index in [1.165, 1.54) is 11.3 Å². The zero-order valence-electron chi connectivity index (χ0n) is 14.1. The number of likely N-dealkylation sites (tertiary alicyclic amines) is 1. The van der Waals surface area contributed by atoms with Gasteiger partial charge in [-0.3, -0.25) is 9.59 Å². The van der Waals surface area contributed by atoms with Crippen LogP contribution in [0.3, 0.4) is 0 Å². The average molecular weight is 366 g/mol. The molecule has 4 rings (SSSR count). The Morgan fingerprint density at radius 1 is 1.04 bits per heavy atom. The van der Waals surface area contributed by atoms with Crippen LogP contribution in [-0.4, -0.2) is 74.2 Å². The number of carbonyl (C=O) groups is 2. The third-order valence-corrected chi connectivity index (χ3v) is 5.80. The highest BCUT2D eigenvalue weighted by atomic mass is 32.1. The summed E-state index contributed by atoms with van der Waals surface area (Å²) in [5, 5.41) is 1.82. The number of thiophene rings is 1. The van der Waals surface area contributed by atoms with Crippen molar-refractivity contribution in [2.45, 2.75) is 12.8 Å². The van der Waals surface area contributed by atoms with E-state index in [-0.39, 0.29) is 17.7 Å². The SMILES string of the molecule is O=C(c1scc2c1OCCO2)N1CCCC(C(=O)N2CCOCC2)C1. The van der Waals surface area contributed by atoms with Crippen molar-refractivity contribution in [1.82, 2.24) is 9.80 Å². The second kappa shape index (κ2) is 7.21. The van der Waals surface area contributed by atoms with Crippen molar-refractivity contribution in [1.29, 1.82) is 0 Å². The van der Waals surface area contributed by atoms with Crippen LogP contribution in [0.25, 0.3) is 0 Å². The van der Waals surface area contributed by atoms with Gasteiger partial charge in [0, 0.05) is 31.6 Å². The lowest BCUT2D eigenvalue weighted by molar-refractivity contribution is -0.141. The second-order valence-electron chi connectivity index (χ2n) is 6.48. The minimum Gasteiger partial charge on any atom is -0.485 e. The van der Waals surface area contributed by atoms with E-state index in [4.69, 9.17) is 14.2 Å². The summed E-state index contributed by atoms with van der Waals surface area (Å²) in [5.41, 5.74) is 0. The highest BCUT2D eigenvalue weighted by molar-refractivity contribution is 7.12. The lowest BCUT2D eigenvalue weighted by atomic mass is 9.96. The molecule has 3 aliphatic heterocycles. The van der Waals surface area contributed by atoms with Gasteiger partial charge in [0.2, 0.25) is 5.91 Å². The molecular formula is C17H22N2O5S. The van der Waals surface area contributed by atoms with E-state index >= 15 is 0 Å². The fraction of sp³-hybridized carbons (Fsp3) is 0.647. The Kier molecular flexibility index (Phi) is 4.80. The first-order valence-electron chi connectivity index (χ1n) is 8.77. The lowest BCUT2D eigenvalue weighted by Gasteiger charge is -2.36. The molecule has 0 radical (unpaired) electrons. The molecule has 0 spiro atoms. The zero-order chi connectivity index (χ0) is 17.2.